The highest BCUT2D eigenvalue weighted by Gasteiger charge is 2.27. The van der Waals surface area contributed by atoms with Gasteiger partial charge in [-0.2, -0.15) is 0 Å². The predicted octanol–water partition coefficient (Wildman–Crippen LogP) is 1.22. The maximum absolute atomic E-state index is 9.47. The summed E-state index contributed by atoms with van der Waals surface area (Å²) in [6.07, 6.45) is -0.632. The summed E-state index contributed by atoms with van der Waals surface area (Å²) in [6.45, 7) is 0. The van der Waals surface area contributed by atoms with E-state index in [0.29, 0.717) is 12.8 Å². The van der Waals surface area contributed by atoms with Crippen molar-refractivity contribution in [3.05, 3.63) is 35.9 Å². The summed E-state index contributed by atoms with van der Waals surface area (Å²) in [5.74, 6) is 0. The molecule has 1 aliphatic rings. The number of aliphatic hydroxyl groups is 2. The lowest BCUT2D eigenvalue weighted by atomic mass is 9.99. The van der Waals surface area contributed by atoms with Crippen LogP contribution in [0, 0.1) is 0 Å². The van der Waals surface area contributed by atoms with Gasteiger partial charge in [0.2, 0.25) is 0 Å². The summed E-state index contributed by atoms with van der Waals surface area (Å²) in [6, 6.07) is 9.65. The number of ether oxygens (including phenoxy) is 1. The summed E-state index contributed by atoms with van der Waals surface area (Å²) in [5.41, 5.74) is 1.00. The van der Waals surface area contributed by atoms with Crippen molar-refractivity contribution >= 4 is 0 Å². The molecule has 3 nitrogen and oxygen atoms in total. The van der Waals surface area contributed by atoms with Crippen LogP contribution in [0.4, 0.5) is 0 Å². The Bertz CT molecular complexity index is 276. The van der Waals surface area contributed by atoms with Crippen molar-refractivity contribution in [2.75, 3.05) is 0 Å². The average molecular weight is 194 g/mol. The topological polar surface area (TPSA) is 49.7 Å². The van der Waals surface area contributed by atoms with E-state index in [2.05, 4.69) is 0 Å². The van der Waals surface area contributed by atoms with Crippen LogP contribution in [-0.2, 0) is 4.74 Å². The Morgan fingerprint density at radius 3 is 2.43 bits per heavy atom. The first-order valence-electron chi connectivity index (χ1n) is 4.82. The number of benzene rings is 1. The second-order valence-electron chi connectivity index (χ2n) is 3.62. The molecule has 2 rings (SSSR count). The SMILES string of the molecule is O[C@H]1C[C@H](O)O[C@@H](c2ccccc2)C1. The summed E-state index contributed by atoms with van der Waals surface area (Å²) >= 11 is 0. The first-order valence-corrected chi connectivity index (χ1v) is 4.82. The standard InChI is InChI=1S/C11H14O3/c12-9-6-10(14-11(13)7-9)8-4-2-1-3-5-8/h1-5,9-13H,6-7H2/t9-,10-,11-/m1/s1. The molecule has 0 radical (unpaired) electrons. The molecule has 0 aliphatic carbocycles. The van der Waals surface area contributed by atoms with Gasteiger partial charge in [0.1, 0.15) is 0 Å². The number of hydrogen-bond acceptors (Lipinski definition) is 3. The zero-order valence-electron chi connectivity index (χ0n) is 7.84. The van der Waals surface area contributed by atoms with Crippen LogP contribution in [-0.4, -0.2) is 22.6 Å². The van der Waals surface area contributed by atoms with E-state index in [1.54, 1.807) is 0 Å². The monoisotopic (exact) mass is 194 g/mol. The zero-order chi connectivity index (χ0) is 9.97. The molecule has 1 aromatic rings. The van der Waals surface area contributed by atoms with Gasteiger partial charge in [-0.3, -0.25) is 0 Å². The van der Waals surface area contributed by atoms with Crippen LogP contribution in [0.25, 0.3) is 0 Å². The Hall–Kier alpha value is -0.900. The van der Waals surface area contributed by atoms with E-state index in [1.807, 2.05) is 30.3 Å². The number of hydrogen-bond donors (Lipinski definition) is 2. The summed E-state index contributed by atoms with van der Waals surface area (Å²) in [5, 5.41) is 18.8. The van der Waals surface area contributed by atoms with E-state index in [9.17, 15) is 10.2 Å². The van der Waals surface area contributed by atoms with Crippen molar-refractivity contribution in [2.24, 2.45) is 0 Å². The molecule has 0 aromatic heterocycles. The molecule has 0 amide bonds. The molecule has 1 aliphatic heterocycles. The van der Waals surface area contributed by atoms with Crippen molar-refractivity contribution in [1.29, 1.82) is 0 Å². The van der Waals surface area contributed by atoms with Crippen molar-refractivity contribution in [3.63, 3.8) is 0 Å². The van der Waals surface area contributed by atoms with Crippen LogP contribution in [0.5, 0.6) is 0 Å². The molecule has 1 saturated heterocycles. The largest absolute Gasteiger partial charge is 0.393 e. The highest BCUT2D eigenvalue weighted by Crippen LogP contribution is 2.30. The van der Waals surface area contributed by atoms with Gasteiger partial charge in [-0.25, -0.2) is 0 Å². The fourth-order valence-corrected chi connectivity index (χ4v) is 1.76. The molecule has 0 spiro atoms. The third kappa shape index (κ3) is 2.12. The Kier molecular flexibility index (Phi) is 2.82. The quantitative estimate of drug-likeness (QED) is 0.706. The highest BCUT2D eigenvalue weighted by molar-refractivity contribution is 5.18. The van der Waals surface area contributed by atoms with E-state index < -0.39 is 12.4 Å². The van der Waals surface area contributed by atoms with Gasteiger partial charge >= 0.3 is 0 Å². The maximum atomic E-state index is 9.47. The second kappa shape index (κ2) is 4.09. The minimum atomic E-state index is -0.844. The van der Waals surface area contributed by atoms with Crippen LogP contribution < -0.4 is 0 Å². The summed E-state index contributed by atoms with van der Waals surface area (Å²) < 4.78 is 5.34. The zero-order valence-corrected chi connectivity index (χ0v) is 7.84. The van der Waals surface area contributed by atoms with Gasteiger partial charge in [-0.05, 0) is 5.56 Å². The van der Waals surface area contributed by atoms with Gasteiger partial charge in [-0.1, -0.05) is 30.3 Å². The van der Waals surface area contributed by atoms with Gasteiger partial charge in [-0.15, -0.1) is 0 Å². The van der Waals surface area contributed by atoms with Crippen LogP contribution >= 0.6 is 0 Å². The first kappa shape index (κ1) is 9.65. The fourth-order valence-electron chi connectivity index (χ4n) is 1.76. The highest BCUT2D eigenvalue weighted by atomic mass is 16.6. The van der Waals surface area contributed by atoms with Crippen LogP contribution in [0.2, 0.25) is 0 Å². The minimum Gasteiger partial charge on any atom is -0.393 e. The summed E-state index contributed by atoms with van der Waals surface area (Å²) in [7, 11) is 0. The van der Waals surface area contributed by atoms with Crippen molar-refractivity contribution in [2.45, 2.75) is 31.3 Å². The molecule has 2 N–H and O–H groups in total. The molecule has 1 heterocycles. The van der Waals surface area contributed by atoms with Gasteiger partial charge in [0.15, 0.2) is 6.29 Å². The van der Waals surface area contributed by atoms with Crippen LogP contribution in [0.3, 0.4) is 0 Å². The Balaban J connectivity index is 2.11. The Morgan fingerprint density at radius 2 is 1.79 bits per heavy atom. The molecule has 1 aromatic carbocycles. The van der Waals surface area contributed by atoms with E-state index in [-0.39, 0.29) is 6.10 Å². The molecule has 0 unspecified atom stereocenters. The lowest BCUT2D eigenvalue weighted by molar-refractivity contribution is -0.191. The lowest BCUT2D eigenvalue weighted by Crippen LogP contribution is -2.30. The third-order valence-electron chi connectivity index (χ3n) is 2.45. The number of aliphatic hydroxyl groups excluding tert-OH is 2. The molecule has 3 atom stereocenters. The Morgan fingerprint density at radius 1 is 1.07 bits per heavy atom. The smallest absolute Gasteiger partial charge is 0.157 e. The molecular weight excluding hydrogens is 180 g/mol. The summed E-state index contributed by atoms with van der Waals surface area (Å²) in [4.78, 5) is 0. The van der Waals surface area contributed by atoms with Crippen LogP contribution in [0.15, 0.2) is 30.3 Å². The van der Waals surface area contributed by atoms with Crippen molar-refractivity contribution in [1.82, 2.24) is 0 Å². The van der Waals surface area contributed by atoms with Crippen molar-refractivity contribution in [3.8, 4) is 0 Å². The fraction of sp³-hybridized carbons (Fsp3) is 0.455. The molecule has 1 fully saturated rings. The molecular formula is C11H14O3. The van der Waals surface area contributed by atoms with Gasteiger partial charge in [0, 0.05) is 12.8 Å². The molecule has 14 heavy (non-hydrogen) atoms. The van der Waals surface area contributed by atoms with E-state index >= 15 is 0 Å². The Labute approximate surface area is 83.0 Å². The average Bonchev–Trinajstić information content (AvgIpc) is 2.18. The van der Waals surface area contributed by atoms with Crippen LogP contribution in [0.1, 0.15) is 24.5 Å². The maximum Gasteiger partial charge on any atom is 0.157 e. The molecule has 0 bridgehead atoms. The first-order chi connectivity index (χ1) is 6.75. The van der Waals surface area contributed by atoms with Gasteiger partial charge in [0.25, 0.3) is 0 Å². The predicted molar refractivity (Wildman–Crippen MR) is 51.5 cm³/mol. The van der Waals surface area contributed by atoms with E-state index in [4.69, 9.17) is 4.74 Å². The minimum absolute atomic E-state index is 0.185. The molecule has 76 valence electrons. The van der Waals surface area contributed by atoms with E-state index in [0.717, 1.165) is 5.56 Å². The lowest BCUT2D eigenvalue weighted by Gasteiger charge is -2.30. The second-order valence-corrected chi connectivity index (χ2v) is 3.62. The van der Waals surface area contributed by atoms with Gasteiger partial charge in [0.05, 0.1) is 12.2 Å². The molecule has 0 saturated carbocycles. The normalized spacial score (nSPS) is 32.9. The van der Waals surface area contributed by atoms with Crippen molar-refractivity contribution < 1.29 is 14.9 Å². The molecule has 3 heteroatoms. The van der Waals surface area contributed by atoms with E-state index in [1.165, 1.54) is 0 Å². The number of rotatable bonds is 1. The van der Waals surface area contributed by atoms with Gasteiger partial charge < -0.3 is 14.9 Å². The third-order valence-corrected chi connectivity index (χ3v) is 2.45.